The number of allylic oxidation sites excluding steroid dienone is 4. The van der Waals surface area contributed by atoms with Gasteiger partial charge in [-0.2, -0.15) is 0 Å². The quantitative estimate of drug-likeness (QED) is 0.578. The van der Waals surface area contributed by atoms with E-state index in [1.165, 1.54) is 20.9 Å². The zero-order chi connectivity index (χ0) is 16.0. The highest BCUT2D eigenvalue weighted by Gasteiger charge is 2.42. The minimum Gasteiger partial charge on any atom is -0.143 e. The molecule has 0 fully saturated rings. The molecule has 0 bridgehead atoms. The molecule has 0 radical (unpaired) electrons. The summed E-state index contributed by atoms with van der Waals surface area (Å²) >= 11 is 10.9. The molecule has 1 heterocycles. The van der Waals surface area contributed by atoms with Crippen LogP contribution in [0.5, 0.6) is 0 Å². The summed E-state index contributed by atoms with van der Waals surface area (Å²) < 4.78 is 0. The van der Waals surface area contributed by atoms with Crippen LogP contribution in [0.4, 0.5) is 0 Å². The number of hydrogen-bond acceptors (Lipinski definition) is 3. The molecule has 0 saturated carbocycles. The largest absolute Gasteiger partial charge is 0.143 e. The Morgan fingerprint density at radius 1 is 0.957 bits per heavy atom. The van der Waals surface area contributed by atoms with E-state index >= 15 is 0 Å². The van der Waals surface area contributed by atoms with Crippen LogP contribution >= 0.6 is 37.0 Å². The maximum Gasteiger partial charge on any atom is 0.0262 e. The van der Waals surface area contributed by atoms with Crippen molar-refractivity contribution in [2.75, 3.05) is 0 Å². The average Bonchev–Trinajstić information content (AvgIpc) is 2.55. The van der Waals surface area contributed by atoms with Crippen LogP contribution < -0.4 is 0 Å². The Kier molecular flexibility index (Phi) is 3.91. The molecule has 116 valence electrons. The minimum atomic E-state index is -0.0276. The predicted octanol–water partition coefficient (Wildman–Crippen LogP) is 6.17. The number of rotatable bonds is 1. The lowest BCUT2D eigenvalue weighted by Gasteiger charge is -2.43. The monoisotopic (exact) mass is 354 g/mol. The molecule has 1 unspecified atom stereocenters. The van der Waals surface area contributed by atoms with Crippen molar-refractivity contribution in [2.24, 2.45) is 5.92 Å². The second-order valence-corrected chi connectivity index (χ2v) is 8.44. The number of fused-ring (bicyclic) bond motifs is 2. The molecular formula is C20H18S3. The van der Waals surface area contributed by atoms with Crippen molar-refractivity contribution in [1.82, 2.24) is 0 Å². The molecule has 1 atom stereocenters. The second kappa shape index (κ2) is 5.80. The van der Waals surface area contributed by atoms with E-state index in [-0.39, 0.29) is 5.41 Å². The first kappa shape index (κ1) is 15.5. The Bertz CT molecular complexity index is 781. The topological polar surface area (TPSA) is 0 Å². The maximum atomic E-state index is 4.54. The van der Waals surface area contributed by atoms with Crippen LogP contribution in [0, 0.1) is 5.92 Å². The van der Waals surface area contributed by atoms with Gasteiger partial charge in [0.2, 0.25) is 0 Å². The summed E-state index contributed by atoms with van der Waals surface area (Å²) in [6.07, 6.45) is 10.0. The lowest BCUT2D eigenvalue weighted by Crippen LogP contribution is -2.35. The summed E-state index contributed by atoms with van der Waals surface area (Å²) in [6.45, 7) is 2.38. The van der Waals surface area contributed by atoms with E-state index in [2.05, 4.69) is 92.9 Å². The summed E-state index contributed by atoms with van der Waals surface area (Å²) in [7, 11) is 0. The third kappa shape index (κ3) is 2.50. The lowest BCUT2D eigenvalue weighted by atomic mass is 9.65. The number of hydrogen-bond donors (Lipinski definition) is 2. The van der Waals surface area contributed by atoms with Crippen LogP contribution in [0.2, 0.25) is 0 Å². The molecule has 0 N–H and O–H groups in total. The third-order valence-electron chi connectivity index (χ3n) is 4.99. The second-order valence-electron chi connectivity index (χ2n) is 6.32. The van der Waals surface area contributed by atoms with Gasteiger partial charge in [-0.1, -0.05) is 55.1 Å². The third-order valence-corrected chi connectivity index (χ3v) is 6.66. The van der Waals surface area contributed by atoms with E-state index in [4.69, 9.17) is 0 Å². The fourth-order valence-electron chi connectivity index (χ4n) is 3.72. The highest BCUT2D eigenvalue weighted by molar-refractivity contribution is 7.99. The first-order valence-electron chi connectivity index (χ1n) is 7.77. The van der Waals surface area contributed by atoms with Crippen molar-refractivity contribution in [3.63, 3.8) is 0 Å². The fourth-order valence-corrected chi connectivity index (χ4v) is 5.69. The van der Waals surface area contributed by atoms with E-state index in [1.807, 2.05) is 11.8 Å². The van der Waals surface area contributed by atoms with Gasteiger partial charge in [0.15, 0.2) is 0 Å². The Morgan fingerprint density at radius 3 is 2.09 bits per heavy atom. The van der Waals surface area contributed by atoms with Gasteiger partial charge in [-0.05, 0) is 47.7 Å². The number of thiol groups is 2. The van der Waals surface area contributed by atoms with Crippen LogP contribution in [-0.2, 0) is 5.41 Å². The Morgan fingerprint density at radius 2 is 1.57 bits per heavy atom. The molecule has 2 aliphatic rings. The molecule has 4 rings (SSSR count). The van der Waals surface area contributed by atoms with Crippen molar-refractivity contribution in [3.05, 3.63) is 71.8 Å². The van der Waals surface area contributed by atoms with Gasteiger partial charge in [-0.15, -0.1) is 25.3 Å². The SMILES string of the molecule is CC1(C2C=CC=CC2)c2ccc(S)cc2Sc2cc(S)ccc21. The van der Waals surface area contributed by atoms with Gasteiger partial charge in [0.05, 0.1) is 0 Å². The summed E-state index contributed by atoms with van der Waals surface area (Å²) in [5, 5.41) is 0. The van der Waals surface area contributed by atoms with Gasteiger partial charge in [-0.3, -0.25) is 0 Å². The summed E-state index contributed by atoms with van der Waals surface area (Å²) in [6, 6.07) is 13.1. The smallest absolute Gasteiger partial charge is 0.0262 e. The highest BCUT2D eigenvalue weighted by Crippen LogP contribution is 2.54. The normalized spacial score (nSPS) is 20.9. The van der Waals surface area contributed by atoms with E-state index in [1.54, 1.807) is 0 Å². The van der Waals surface area contributed by atoms with Crippen LogP contribution in [0.15, 0.2) is 80.3 Å². The summed E-state index contributed by atoms with van der Waals surface area (Å²) in [4.78, 5) is 4.66. The van der Waals surface area contributed by atoms with E-state index in [9.17, 15) is 0 Å². The molecular weight excluding hydrogens is 336 g/mol. The first-order valence-corrected chi connectivity index (χ1v) is 9.48. The minimum absolute atomic E-state index is 0.0276. The van der Waals surface area contributed by atoms with Crippen LogP contribution in [-0.4, -0.2) is 0 Å². The molecule has 23 heavy (non-hydrogen) atoms. The van der Waals surface area contributed by atoms with Crippen molar-refractivity contribution in [1.29, 1.82) is 0 Å². The average molecular weight is 355 g/mol. The standard InChI is InChI=1S/C20H18S3/c1-20(13-5-3-2-4-6-13)16-9-7-14(21)11-18(16)23-19-12-15(22)8-10-17(19)20/h2-5,7-13,21-22H,6H2,1H3. The van der Waals surface area contributed by atoms with E-state index in [0.717, 1.165) is 16.2 Å². The molecule has 0 nitrogen and oxygen atoms in total. The highest BCUT2D eigenvalue weighted by atomic mass is 32.2. The van der Waals surface area contributed by atoms with Crippen molar-refractivity contribution in [2.45, 2.75) is 38.3 Å². The molecule has 0 saturated heterocycles. The van der Waals surface area contributed by atoms with Crippen molar-refractivity contribution >= 4 is 37.0 Å². The summed E-state index contributed by atoms with van der Waals surface area (Å²) in [5.74, 6) is 0.461. The summed E-state index contributed by atoms with van der Waals surface area (Å²) in [5.41, 5.74) is 2.79. The number of benzene rings is 2. The first-order chi connectivity index (χ1) is 11.1. The lowest BCUT2D eigenvalue weighted by molar-refractivity contribution is 0.400. The molecule has 3 heteroatoms. The van der Waals surface area contributed by atoms with Gasteiger partial charge in [0, 0.05) is 25.0 Å². The van der Waals surface area contributed by atoms with Gasteiger partial charge in [-0.25, -0.2) is 0 Å². The molecule has 0 spiro atoms. The predicted molar refractivity (Wildman–Crippen MR) is 104 cm³/mol. The Hall–Kier alpha value is -1.03. The molecule has 2 aromatic carbocycles. The van der Waals surface area contributed by atoms with Crippen LogP contribution in [0.1, 0.15) is 24.5 Å². The van der Waals surface area contributed by atoms with Crippen molar-refractivity contribution in [3.8, 4) is 0 Å². The Labute approximate surface area is 152 Å². The van der Waals surface area contributed by atoms with Crippen LogP contribution in [0.25, 0.3) is 0 Å². The Balaban J connectivity index is 1.97. The molecule has 1 aliphatic carbocycles. The molecule has 1 aliphatic heterocycles. The fraction of sp³-hybridized carbons (Fsp3) is 0.200. The zero-order valence-corrected chi connectivity index (χ0v) is 15.5. The zero-order valence-electron chi connectivity index (χ0n) is 12.9. The van der Waals surface area contributed by atoms with Gasteiger partial charge in [0.25, 0.3) is 0 Å². The molecule has 0 aromatic heterocycles. The maximum absolute atomic E-state index is 4.54. The van der Waals surface area contributed by atoms with Gasteiger partial charge in [0.1, 0.15) is 0 Å². The van der Waals surface area contributed by atoms with Gasteiger partial charge >= 0.3 is 0 Å². The van der Waals surface area contributed by atoms with E-state index in [0.29, 0.717) is 5.92 Å². The molecule has 0 amide bonds. The van der Waals surface area contributed by atoms with E-state index < -0.39 is 0 Å². The van der Waals surface area contributed by atoms with Gasteiger partial charge < -0.3 is 0 Å². The van der Waals surface area contributed by atoms with Crippen LogP contribution in [0.3, 0.4) is 0 Å². The molecule has 2 aromatic rings. The van der Waals surface area contributed by atoms with Crippen molar-refractivity contribution < 1.29 is 0 Å².